The molecule has 1 aromatic carbocycles. The van der Waals surface area contributed by atoms with E-state index in [0.29, 0.717) is 27.1 Å². The number of anilines is 2. The summed E-state index contributed by atoms with van der Waals surface area (Å²) in [6.45, 7) is 7.25. The van der Waals surface area contributed by atoms with Crippen molar-refractivity contribution in [2.75, 3.05) is 30.3 Å². The molecule has 3 N–H and O–H groups in total. The van der Waals surface area contributed by atoms with E-state index in [-0.39, 0.29) is 5.54 Å². The molecule has 1 aliphatic heterocycles. The van der Waals surface area contributed by atoms with Crippen LogP contribution in [0.4, 0.5) is 11.6 Å². The van der Waals surface area contributed by atoms with Gasteiger partial charge < -0.3 is 16.0 Å². The molecule has 1 fully saturated rings. The molecule has 1 aromatic heterocycles. The first-order chi connectivity index (χ1) is 11.9. The molecule has 2 aromatic rings. The number of nitrogens with one attached hydrogen (secondary N) is 1. The molecular formula is C18H23Cl2N5. The summed E-state index contributed by atoms with van der Waals surface area (Å²) >= 11 is 12.4. The Morgan fingerprint density at radius 2 is 2.00 bits per heavy atom. The maximum Gasteiger partial charge on any atom is 0.152 e. The number of benzene rings is 1. The predicted octanol–water partition coefficient (Wildman–Crippen LogP) is 4.00. The molecular weight excluding hydrogens is 357 g/mol. The average Bonchev–Trinajstić information content (AvgIpc) is 2.58. The van der Waals surface area contributed by atoms with Crippen molar-refractivity contribution in [3.63, 3.8) is 0 Å². The second kappa shape index (κ2) is 7.36. The first kappa shape index (κ1) is 18.2. The van der Waals surface area contributed by atoms with Gasteiger partial charge in [0.15, 0.2) is 5.82 Å². The Bertz CT molecular complexity index is 757. The number of aromatic nitrogens is 2. The van der Waals surface area contributed by atoms with Gasteiger partial charge >= 0.3 is 0 Å². The Kier molecular flexibility index (Phi) is 5.37. The van der Waals surface area contributed by atoms with Gasteiger partial charge in [0, 0.05) is 24.2 Å². The summed E-state index contributed by atoms with van der Waals surface area (Å²) in [6.07, 6.45) is 3.88. The third-order valence-corrected chi connectivity index (χ3v) is 5.61. The highest BCUT2D eigenvalue weighted by Crippen LogP contribution is 2.35. The molecule has 0 saturated carbocycles. The second-order valence-electron chi connectivity index (χ2n) is 6.64. The maximum absolute atomic E-state index is 6.28. The number of nitrogen functional groups attached to an aromatic ring is 1. The quantitative estimate of drug-likeness (QED) is 0.839. The van der Waals surface area contributed by atoms with Crippen LogP contribution in [-0.2, 0) is 0 Å². The van der Waals surface area contributed by atoms with E-state index in [1.54, 1.807) is 12.3 Å². The molecule has 3 rings (SSSR count). The zero-order valence-electron chi connectivity index (χ0n) is 14.5. The molecule has 0 atom stereocenters. The Morgan fingerprint density at radius 3 is 2.64 bits per heavy atom. The van der Waals surface area contributed by atoms with Crippen LogP contribution in [0.2, 0.25) is 10.0 Å². The Labute approximate surface area is 158 Å². The summed E-state index contributed by atoms with van der Waals surface area (Å²) in [5.74, 6) is 1.17. The van der Waals surface area contributed by atoms with Gasteiger partial charge in [-0.25, -0.2) is 9.97 Å². The van der Waals surface area contributed by atoms with Crippen molar-refractivity contribution in [3.8, 4) is 11.3 Å². The van der Waals surface area contributed by atoms with Gasteiger partial charge in [0.2, 0.25) is 0 Å². The molecule has 0 radical (unpaired) electrons. The van der Waals surface area contributed by atoms with Crippen LogP contribution in [0.5, 0.6) is 0 Å². The van der Waals surface area contributed by atoms with Crippen LogP contribution in [0.15, 0.2) is 24.4 Å². The highest BCUT2D eigenvalue weighted by Gasteiger charge is 2.29. The van der Waals surface area contributed by atoms with Gasteiger partial charge in [-0.3, -0.25) is 0 Å². The first-order valence-electron chi connectivity index (χ1n) is 8.50. The number of nitrogens with two attached hydrogens (primary N) is 1. The molecule has 5 nitrogen and oxygen atoms in total. The van der Waals surface area contributed by atoms with Gasteiger partial charge in [-0.2, -0.15) is 0 Å². The van der Waals surface area contributed by atoms with Crippen LogP contribution in [0, 0.1) is 0 Å². The Morgan fingerprint density at radius 1 is 1.28 bits per heavy atom. The summed E-state index contributed by atoms with van der Waals surface area (Å²) < 4.78 is 0. The van der Waals surface area contributed by atoms with Crippen molar-refractivity contribution in [3.05, 3.63) is 34.4 Å². The van der Waals surface area contributed by atoms with Gasteiger partial charge in [-0.05, 0) is 32.4 Å². The highest BCUT2D eigenvalue weighted by molar-refractivity contribution is 6.43. The predicted molar refractivity (Wildman–Crippen MR) is 105 cm³/mol. The lowest BCUT2D eigenvalue weighted by Crippen LogP contribution is -2.51. The third-order valence-electron chi connectivity index (χ3n) is 4.79. The number of piperidine rings is 1. The molecule has 0 aliphatic carbocycles. The van der Waals surface area contributed by atoms with Gasteiger partial charge in [-0.15, -0.1) is 0 Å². The highest BCUT2D eigenvalue weighted by atomic mass is 35.5. The summed E-state index contributed by atoms with van der Waals surface area (Å²) in [5, 5.41) is 4.49. The Hall–Kier alpha value is -1.56. The van der Waals surface area contributed by atoms with Crippen molar-refractivity contribution in [2.45, 2.75) is 32.2 Å². The number of hydrogen-bond acceptors (Lipinski definition) is 5. The van der Waals surface area contributed by atoms with Gasteiger partial charge in [0.1, 0.15) is 11.5 Å². The summed E-state index contributed by atoms with van der Waals surface area (Å²) in [4.78, 5) is 11.3. The smallest absolute Gasteiger partial charge is 0.152 e. The molecule has 2 heterocycles. The number of nitrogens with zero attached hydrogens (tertiary/aromatic N) is 3. The van der Waals surface area contributed by atoms with Crippen molar-refractivity contribution < 1.29 is 0 Å². The number of hydrogen-bond donors (Lipinski definition) is 2. The molecule has 0 spiro atoms. The van der Waals surface area contributed by atoms with E-state index in [1.165, 1.54) is 0 Å². The van der Waals surface area contributed by atoms with E-state index < -0.39 is 0 Å². The Balaban J connectivity index is 1.80. The van der Waals surface area contributed by atoms with Gasteiger partial charge in [0.25, 0.3) is 0 Å². The lowest BCUT2D eigenvalue weighted by molar-refractivity contribution is 0.290. The van der Waals surface area contributed by atoms with Crippen molar-refractivity contribution in [1.29, 1.82) is 0 Å². The fourth-order valence-corrected chi connectivity index (χ4v) is 3.66. The SMILES string of the molecule is CCNC1(C)CCN(c2cnc(-c3cccc(Cl)c3Cl)c(N)n2)CC1. The number of rotatable bonds is 4. The molecule has 7 heteroatoms. The van der Waals surface area contributed by atoms with Gasteiger partial charge in [-0.1, -0.05) is 42.3 Å². The molecule has 0 bridgehead atoms. The van der Waals surface area contributed by atoms with E-state index in [1.807, 2.05) is 12.1 Å². The summed E-state index contributed by atoms with van der Waals surface area (Å²) in [7, 11) is 0. The molecule has 134 valence electrons. The first-order valence-corrected chi connectivity index (χ1v) is 9.26. The van der Waals surface area contributed by atoms with Gasteiger partial charge in [0.05, 0.1) is 16.2 Å². The van der Waals surface area contributed by atoms with Crippen molar-refractivity contribution in [2.24, 2.45) is 0 Å². The van der Waals surface area contributed by atoms with E-state index in [4.69, 9.17) is 28.9 Å². The standard InChI is InChI=1S/C18H23Cl2N5/c1-3-23-18(2)7-9-25(10-8-18)14-11-22-16(17(21)24-14)12-5-4-6-13(19)15(12)20/h4-6,11,23H,3,7-10H2,1-2H3,(H2,21,24). The van der Waals surface area contributed by atoms with E-state index in [2.05, 4.69) is 34.0 Å². The summed E-state index contributed by atoms with van der Waals surface area (Å²) in [5.41, 5.74) is 7.62. The molecule has 1 saturated heterocycles. The zero-order valence-corrected chi connectivity index (χ0v) is 16.0. The number of halogens is 2. The van der Waals surface area contributed by atoms with Crippen LogP contribution >= 0.6 is 23.2 Å². The van der Waals surface area contributed by atoms with Crippen LogP contribution < -0.4 is 16.0 Å². The van der Waals surface area contributed by atoms with Crippen molar-refractivity contribution in [1.82, 2.24) is 15.3 Å². The normalized spacial score (nSPS) is 16.9. The lowest BCUT2D eigenvalue weighted by atomic mass is 9.89. The third kappa shape index (κ3) is 3.84. The second-order valence-corrected chi connectivity index (χ2v) is 7.43. The molecule has 1 aliphatic rings. The fourth-order valence-electron chi connectivity index (χ4n) is 3.27. The van der Waals surface area contributed by atoms with Crippen LogP contribution in [0.25, 0.3) is 11.3 Å². The monoisotopic (exact) mass is 379 g/mol. The molecule has 0 amide bonds. The zero-order chi connectivity index (χ0) is 18.0. The topological polar surface area (TPSA) is 67.1 Å². The fraction of sp³-hybridized carbons (Fsp3) is 0.444. The maximum atomic E-state index is 6.28. The minimum Gasteiger partial charge on any atom is -0.382 e. The van der Waals surface area contributed by atoms with Crippen LogP contribution in [0.1, 0.15) is 26.7 Å². The van der Waals surface area contributed by atoms with E-state index >= 15 is 0 Å². The minimum atomic E-state index is 0.193. The molecule has 25 heavy (non-hydrogen) atoms. The van der Waals surface area contributed by atoms with Crippen LogP contribution in [0.3, 0.4) is 0 Å². The lowest BCUT2D eigenvalue weighted by Gasteiger charge is -2.40. The average molecular weight is 380 g/mol. The minimum absolute atomic E-state index is 0.193. The van der Waals surface area contributed by atoms with Crippen LogP contribution in [-0.4, -0.2) is 35.1 Å². The van der Waals surface area contributed by atoms with E-state index in [0.717, 1.165) is 38.3 Å². The molecule has 0 unspecified atom stereocenters. The summed E-state index contributed by atoms with van der Waals surface area (Å²) in [6, 6.07) is 5.40. The largest absolute Gasteiger partial charge is 0.382 e. The van der Waals surface area contributed by atoms with Crippen molar-refractivity contribution >= 4 is 34.8 Å². The van der Waals surface area contributed by atoms with E-state index in [9.17, 15) is 0 Å².